The summed E-state index contributed by atoms with van der Waals surface area (Å²) in [7, 11) is 3.02. The minimum Gasteiger partial charge on any atom is -0.493 e. The van der Waals surface area contributed by atoms with E-state index in [1.807, 2.05) is 6.07 Å². The summed E-state index contributed by atoms with van der Waals surface area (Å²) in [6, 6.07) is 8.97. The van der Waals surface area contributed by atoms with Crippen LogP contribution in [-0.2, 0) is 9.59 Å². The summed E-state index contributed by atoms with van der Waals surface area (Å²) in [5.41, 5.74) is -0.133. The molecule has 0 aromatic heterocycles. The number of amides is 2. The highest BCUT2D eigenvalue weighted by Gasteiger charge is 2.44. The Morgan fingerprint density at radius 1 is 1.29 bits per heavy atom. The van der Waals surface area contributed by atoms with Gasteiger partial charge in [-0.3, -0.25) is 9.59 Å². The molecular formula is C19H20N4O4S. The second kappa shape index (κ2) is 8.68. The molecule has 2 N–H and O–H groups in total. The molecule has 1 aliphatic rings. The molecule has 0 aliphatic carbocycles. The fourth-order valence-corrected chi connectivity index (χ4v) is 3.76. The Bertz CT molecular complexity index is 911. The number of nitrogens with one attached hydrogen (secondary N) is 2. The van der Waals surface area contributed by atoms with Crippen LogP contribution in [0.15, 0.2) is 28.8 Å². The first-order chi connectivity index (χ1) is 13.3. The number of thioether (sulfide) groups is 1. The van der Waals surface area contributed by atoms with Crippen LogP contribution in [0.25, 0.3) is 0 Å². The SMILES string of the molecule is COc1ccc(NC(=O)CSC2=C(C#N)C(C)(C)[C@H](C#N)C(=O)N2)cc1OC. The van der Waals surface area contributed by atoms with Gasteiger partial charge in [0.1, 0.15) is 5.92 Å². The molecule has 1 atom stereocenters. The van der Waals surface area contributed by atoms with Crippen LogP contribution < -0.4 is 20.1 Å². The molecule has 1 aromatic rings. The van der Waals surface area contributed by atoms with Crippen molar-refractivity contribution in [2.45, 2.75) is 13.8 Å². The normalized spacial score (nSPS) is 17.8. The average Bonchev–Trinajstić information content (AvgIpc) is 2.65. The zero-order chi connectivity index (χ0) is 20.9. The Morgan fingerprint density at radius 2 is 1.96 bits per heavy atom. The highest BCUT2D eigenvalue weighted by molar-refractivity contribution is 8.03. The zero-order valence-corrected chi connectivity index (χ0v) is 16.8. The van der Waals surface area contributed by atoms with Crippen molar-refractivity contribution in [1.29, 1.82) is 10.5 Å². The Morgan fingerprint density at radius 3 is 2.54 bits per heavy atom. The van der Waals surface area contributed by atoms with E-state index in [1.54, 1.807) is 32.0 Å². The Balaban J connectivity index is 2.12. The second-order valence-corrected chi connectivity index (χ2v) is 7.48. The third-order valence-corrected chi connectivity index (χ3v) is 5.35. The molecule has 9 heteroatoms. The monoisotopic (exact) mass is 400 g/mol. The molecule has 28 heavy (non-hydrogen) atoms. The van der Waals surface area contributed by atoms with Crippen molar-refractivity contribution in [2.24, 2.45) is 11.3 Å². The van der Waals surface area contributed by atoms with Gasteiger partial charge < -0.3 is 20.1 Å². The lowest BCUT2D eigenvalue weighted by atomic mass is 9.72. The number of anilines is 1. The molecule has 2 rings (SSSR count). The van der Waals surface area contributed by atoms with E-state index in [0.29, 0.717) is 22.2 Å². The zero-order valence-electron chi connectivity index (χ0n) is 16.0. The maximum Gasteiger partial charge on any atom is 0.243 e. The number of carbonyl (C=O) groups is 2. The lowest BCUT2D eigenvalue weighted by molar-refractivity contribution is -0.125. The van der Waals surface area contributed by atoms with E-state index >= 15 is 0 Å². The van der Waals surface area contributed by atoms with Gasteiger partial charge >= 0.3 is 0 Å². The van der Waals surface area contributed by atoms with E-state index < -0.39 is 17.2 Å². The number of allylic oxidation sites excluding steroid dienone is 1. The maximum absolute atomic E-state index is 12.3. The minimum atomic E-state index is -0.966. The van der Waals surface area contributed by atoms with Crippen molar-refractivity contribution in [3.8, 4) is 23.6 Å². The number of rotatable bonds is 6. The van der Waals surface area contributed by atoms with E-state index in [9.17, 15) is 20.1 Å². The van der Waals surface area contributed by atoms with Crippen LogP contribution >= 0.6 is 11.8 Å². The van der Waals surface area contributed by atoms with E-state index in [0.717, 1.165) is 11.8 Å². The molecule has 0 fully saturated rings. The summed E-state index contributed by atoms with van der Waals surface area (Å²) < 4.78 is 10.4. The van der Waals surface area contributed by atoms with Crippen LogP contribution in [-0.4, -0.2) is 31.8 Å². The smallest absolute Gasteiger partial charge is 0.243 e. The highest BCUT2D eigenvalue weighted by Crippen LogP contribution is 2.41. The third-order valence-electron chi connectivity index (χ3n) is 4.35. The van der Waals surface area contributed by atoms with Crippen molar-refractivity contribution >= 4 is 29.3 Å². The number of methoxy groups -OCH3 is 2. The Kier molecular flexibility index (Phi) is 6.55. The number of nitriles is 2. The van der Waals surface area contributed by atoms with E-state index in [4.69, 9.17) is 9.47 Å². The Hall–Kier alpha value is -3.17. The predicted molar refractivity (Wildman–Crippen MR) is 104 cm³/mol. The van der Waals surface area contributed by atoms with Crippen LogP contribution in [0, 0.1) is 34.0 Å². The number of hydrogen-bond acceptors (Lipinski definition) is 7. The lowest BCUT2D eigenvalue weighted by Gasteiger charge is -2.34. The van der Waals surface area contributed by atoms with Gasteiger partial charge in [0.25, 0.3) is 0 Å². The second-order valence-electron chi connectivity index (χ2n) is 6.50. The first kappa shape index (κ1) is 21.1. The van der Waals surface area contributed by atoms with Gasteiger partial charge in [0.15, 0.2) is 11.5 Å². The molecule has 0 saturated heterocycles. The molecule has 146 valence electrons. The summed E-state index contributed by atoms with van der Waals surface area (Å²) in [5, 5.41) is 24.3. The van der Waals surface area contributed by atoms with Crippen molar-refractivity contribution in [3.05, 3.63) is 28.8 Å². The number of carbonyl (C=O) groups excluding carboxylic acids is 2. The first-order valence-corrected chi connectivity index (χ1v) is 9.27. The van der Waals surface area contributed by atoms with Crippen molar-refractivity contribution < 1.29 is 19.1 Å². The molecule has 2 amide bonds. The van der Waals surface area contributed by atoms with Crippen molar-refractivity contribution in [2.75, 3.05) is 25.3 Å². The van der Waals surface area contributed by atoms with Gasteiger partial charge in [-0.1, -0.05) is 25.6 Å². The maximum atomic E-state index is 12.3. The summed E-state index contributed by atoms with van der Waals surface area (Å²) >= 11 is 1.04. The average molecular weight is 400 g/mol. The largest absolute Gasteiger partial charge is 0.493 e. The fraction of sp³-hybridized carbons (Fsp3) is 0.368. The van der Waals surface area contributed by atoms with Gasteiger partial charge in [0.2, 0.25) is 11.8 Å². The topological polar surface area (TPSA) is 124 Å². The first-order valence-electron chi connectivity index (χ1n) is 8.28. The lowest BCUT2D eigenvalue weighted by Crippen LogP contribution is -2.44. The van der Waals surface area contributed by atoms with E-state index in [2.05, 4.69) is 16.7 Å². The molecule has 0 saturated carbocycles. The van der Waals surface area contributed by atoms with Crippen molar-refractivity contribution in [3.63, 3.8) is 0 Å². The van der Waals surface area contributed by atoms with Crippen LogP contribution in [0.5, 0.6) is 11.5 Å². The standard InChI is InChI=1S/C19H20N4O4S/c1-19(2)12(8-20)17(25)23-18(13(19)9-21)28-10-16(24)22-11-5-6-14(26-3)15(7-11)27-4/h5-7,12H,10H2,1-4H3,(H,22,24)(H,23,25)/t12-/m1/s1. The van der Waals surface area contributed by atoms with Crippen LogP contribution in [0.2, 0.25) is 0 Å². The van der Waals surface area contributed by atoms with Gasteiger partial charge in [-0.25, -0.2) is 0 Å². The predicted octanol–water partition coefficient (Wildman–Crippen LogP) is 2.41. The molecule has 0 bridgehead atoms. The van der Waals surface area contributed by atoms with Gasteiger partial charge in [-0.2, -0.15) is 10.5 Å². The summed E-state index contributed by atoms with van der Waals surface area (Å²) in [5.74, 6) is -0.773. The summed E-state index contributed by atoms with van der Waals surface area (Å²) in [6.07, 6.45) is 0. The molecule has 1 heterocycles. The minimum absolute atomic E-state index is 0.0254. The van der Waals surface area contributed by atoms with Crippen LogP contribution in [0.3, 0.4) is 0 Å². The number of benzene rings is 1. The summed E-state index contributed by atoms with van der Waals surface area (Å²) in [4.78, 5) is 24.5. The van der Waals surface area contributed by atoms with E-state index in [1.165, 1.54) is 14.2 Å². The summed E-state index contributed by atoms with van der Waals surface area (Å²) in [6.45, 7) is 3.34. The van der Waals surface area contributed by atoms with Crippen LogP contribution in [0.4, 0.5) is 5.69 Å². The molecule has 0 spiro atoms. The Labute approximate surface area is 167 Å². The van der Waals surface area contributed by atoms with Gasteiger partial charge in [0, 0.05) is 17.2 Å². The highest BCUT2D eigenvalue weighted by atomic mass is 32.2. The third kappa shape index (κ3) is 4.21. The van der Waals surface area contributed by atoms with Gasteiger partial charge in [-0.15, -0.1) is 0 Å². The van der Waals surface area contributed by atoms with Gasteiger partial charge in [-0.05, 0) is 12.1 Å². The molecule has 0 unspecified atom stereocenters. The molecule has 8 nitrogen and oxygen atoms in total. The fourth-order valence-electron chi connectivity index (χ4n) is 2.78. The molecule has 0 radical (unpaired) electrons. The van der Waals surface area contributed by atoms with Crippen molar-refractivity contribution in [1.82, 2.24) is 5.32 Å². The molecular weight excluding hydrogens is 380 g/mol. The van der Waals surface area contributed by atoms with Crippen LogP contribution in [0.1, 0.15) is 13.8 Å². The number of nitrogens with zero attached hydrogens (tertiary/aromatic N) is 2. The van der Waals surface area contributed by atoms with E-state index in [-0.39, 0.29) is 17.2 Å². The number of hydrogen-bond donors (Lipinski definition) is 2. The van der Waals surface area contributed by atoms with Gasteiger partial charge in [0.05, 0.1) is 42.7 Å². The molecule has 1 aliphatic heterocycles. The quantitative estimate of drug-likeness (QED) is 0.751. The molecule has 1 aromatic carbocycles. The number of ether oxygens (including phenoxy) is 2.